The van der Waals surface area contributed by atoms with Crippen LogP contribution in [0.15, 0.2) is 82.2 Å². The maximum Gasteiger partial charge on any atom is 0.241 e. The molecule has 0 aliphatic carbocycles. The summed E-state index contributed by atoms with van der Waals surface area (Å²) in [5.74, 6) is 0.193. The Hall–Kier alpha value is -2.68. The number of aryl methyl sites for hydroxylation is 1. The molecule has 1 amide bonds. The number of ether oxygens (including phenoxy) is 1. The summed E-state index contributed by atoms with van der Waals surface area (Å²) in [7, 11) is -2.42. The summed E-state index contributed by atoms with van der Waals surface area (Å²) in [6, 6.07) is 20.2. The number of methoxy groups -OCH3 is 1. The third kappa shape index (κ3) is 6.66. The standard InChI is InChI=1S/C25H27BrN2O4S/c1-17-15-22(13-14-24(17)32-3)33(30,31)28-23(16-19-7-5-4-6-8-19)25(29)27-18(2)20-9-11-21(26)12-10-20/h4-15,18,23,28H,16H2,1-3H3,(H,27,29)/t18-,23-/m0/s1. The van der Waals surface area contributed by atoms with Gasteiger partial charge in [0.25, 0.3) is 0 Å². The van der Waals surface area contributed by atoms with E-state index in [4.69, 9.17) is 4.74 Å². The summed E-state index contributed by atoms with van der Waals surface area (Å²) in [6.45, 7) is 3.63. The van der Waals surface area contributed by atoms with Crippen LogP contribution in [0.5, 0.6) is 5.75 Å². The van der Waals surface area contributed by atoms with E-state index in [0.29, 0.717) is 11.3 Å². The molecule has 0 fully saturated rings. The molecular formula is C25H27BrN2O4S. The molecule has 0 aliphatic heterocycles. The minimum Gasteiger partial charge on any atom is -0.496 e. The normalized spacial score (nSPS) is 13.2. The van der Waals surface area contributed by atoms with Gasteiger partial charge in [-0.3, -0.25) is 4.79 Å². The second-order valence-corrected chi connectivity index (χ2v) is 10.4. The zero-order chi connectivity index (χ0) is 24.0. The molecule has 2 atom stereocenters. The molecule has 2 N–H and O–H groups in total. The lowest BCUT2D eigenvalue weighted by atomic mass is 10.0. The smallest absolute Gasteiger partial charge is 0.241 e. The lowest BCUT2D eigenvalue weighted by molar-refractivity contribution is -0.123. The molecule has 0 aliphatic rings. The highest BCUT2D eigenvalue weighted by molar-refractivity contribution is 9.10. The van der Waals surface area contributed by atoms with Crippen LogP contribution in [-0.4, -0.2) is 27.5 Å². The van der Waals surface area contributed by atoms with Gasteiger partial charge in [0.15, 0.2) is 0 Å². The number of hydrogen-bond donors (Lipinski definition) is 2. The van der Waals surface area contributed by atoms with E-state index in [0.717, 1.165) is 15.6 Å². The number of hydrogen-bond acceptors (Lipinski definition) is 4. The van der Waals surface area contributed by atoms with E-state index in [9.17, 15) is 13.2 Å². The van der Waals surface area contributed by atoms with Crippen molar-refractivity contribution in [2.24, 2.45) is 0 Å². The third-order valence-electron chi connectivity index (χ3n) is 5.30. The molecule has 0 bridgehead atoms. The van der Waals surface area contributed by atoms with Crippen molar-refractivity contribution in [3.63, 3.8) is 0 Å². The zero-order valence-corrected chi connectivity index (χ0v) is 21.1. The van der Waals surface area contributed by atoms with E-state index in [1.807, 2.05) is 61.5 Å². The fraction of sp³-hybridized carbons (Fsp3) is 0.240. The minimum atomic E-state index is -3.95. The second kappa shape index (κ2) is 11.0. The maximum absolute atomic E-state index is 13.2. The Labute approximate surface area is 203 Å². The van der Waals surface area contributed by atoms with E-state index >= 15 is 0 Å². The zero-order valence-electron chi connectivity index (χ0n) is 18.7. The van der Waals surface area contributed by atoms with Gasteiger partial charge in [-0.2, -0.15) is 4.72 Å². The van der Waals surface area contributed by atoms with E-state index in [-0.39, 0.29) is 17.4 Å². The molecule has 3 rings (SSSR count). The van der Waals surface area contributed by atoms with E-state index in [1.165, 1.54) is 19.2 Å². The molecule has 0 spiro atoms. The summed E-state index contributed by atoms with van der Waals surface area (Å²) in [6.07, 6.45) is 0.216. The summed E-state index contributed by atoms with van der Waals surface area (Å²) < 4.78 is 35.1. The fourth-order valence-corrected chi connectivity index (χ4v) is 5.00. The summed E-state index contributed by atoms with van der Waals surface area (Å²) >= 11 is 3.40. The van der Waals surface area contributed by atoms with Crippen LogP contribution in [0.25, 0.3) is 0 Å². The average molecular weight is 531 g/mol. The van der Waals surface area contributed by atoms with Crippen molar-refractivity contribution in [2.75, 3.05) is 7.11 Å². The topological polar surface area (TPSA) is 84.5 Å². The van der Waals surface area contributed by atoms with Crippen LogP contribution in [0.3, 0.4) is 0 Å². The molecule has 3 aromatic rings. The largest absolute Gasteiger partial charge is 0.496 e. The van der Waals surface area contributed by atoms with Gasteiger partial charge in [-0.15, -0.1) is 0 Å². The van der Waals surface area contributed by atoms with Gasteiger partial charge in [0.05, 0.1) is 18.0 Å². The average Bonchev–Trinajstić information content (AvgIpc) is 2.79. The third-order valence-corrected chi connectivity index (χ3v) is 7.30. The number of halogens is 1. The predicted molar refractivity (Wildman–Crippen MR) is 133 cm³/mol. The molecule has 174 valence electrons. The van der Waals surface area contributed by atoms with Gasteiger partial charge in [0.2, 0.25) is 15.9 Å². The van der Waals surface area contributed by atoms with Crippen molar-refractivity contribution >= 4 is 31.9 Å². The Morgan fingerprint density at radius 2 is 1.70 bits per heavy atom. The highest BCUT2D eigenvalue weighted by Crippen LogP contribution is 2.22. The molecule has 8 heteroatoms. The number of carbonyl (C=O) groups is 1. The molecule has 0 aromatic heterocycles. The number of carbonyl (C=O) groups excluding carboxylic acids is 1. The molecule has 0 saturated carbocycles. The van der Waals surface area contributed by atoms with Crippen molar-refractivity contribution in [1.82, 2.24) is 10.0 Å². The summed E-state index contributed by atoms with van der Waals surface area (Å²) in [5, 5.41) is 2.94. The molecule has 6 nitrogen and oxygen atoms in total. The first-order valence-electron chi connectivity index (χ1n) is 10.5. The molecule has 3 aromatic carbocycles. The van der Waals surface area contributed by atoms with Gasteiger partial charge < -0.3 is 10.1 Å². The highest BCUT2D eigenvalue weighted by Gasteiger charge is 2.27. The Morgan fingerprint density at radius 3 is 2.30 bits per heavy atom. The molecule has 33 heavy (non-hydrogen) atoms. The SMILES string of the molecule is COc1ccc(S(=O)(=O)N[C@@H](Cc2ccccc2)C(=O)N[C@@H](C)c2ccc(Br)cc2)cc1C. The lowest BCUT2D eigenvalue weighted by Gasteiger charge is -2.22. The van der Waals surface area contributed by atoms with Gasteiger partial charge in [-0.25, -0.2) is 8.42 Å². The van der Waals surface area contributed by atoms with Crippen molar-refractivity contribution in [3.8, 4) is 5.75 Å². The molecule has 0 unspecified atom stereocenters. The molecule has 0 radical (unpaired) electrons. The number of sulfonamides is 1. The van der Waals surface area contributed by atoms with Crippen LogP contribution < -0.4 is 14.8 Å². The highest BCUT2D eigenvalue weighted by atomic mass is 79.9. The summed E-state index contributed by atoms with van der Waals surface area (Å²) in [4.78, 5) is 13.3. The molecule has 0 saturated heterocycles. The lowest BCUT2D eigenvalue weighted by Crippen LogP contribution is -2.48. The van der Waals surface area contributed by atoms with Crippen LogP contribution in [0.2, 0.25) is 0 Å². The Bertz CT molecular complexity index is 1200. The minimum absolute atomic E-state index is 0.0765. The molecule has 0 heterocycles. The quantitative estimate of drug-likeness (QED) is 0.425. The van der Waals surface area contributed by atoms with Gasteiger partial charge in [0, 0.05) is 4.47 Å². The van der Waals surface area contributed by atoms with Gasteiger partial charge in [-0.05, 0) is 67.3 Å². The summed E-state index contributed by atoms with van der Waals surface area (Å²) in [5.41, 5.74) is 2.45. The van der Waals surface area contributed by atoms with Crippen LogP contribution in [0, 0.1) is 6.92 Å². The van der Waals surface area contributed by atoms with Crippen molar-refractivity contribution in [3.05, 3.63) is 94.0 Å². The Kier molecular flexibility index (Phi) is 8.29. The first kappa shape index (κ1) is 25.0. The van der Waals surface area contributed by atoms with Gasteiger partial charge >= 0.3 is 0 Å². The van der Waals surface area contributed by atoms with Crippen LogP contribution in [-0.2, 0) is 21.2 Å². The van der Waals surface area contributed by atoms with Gasteiger partial charge in [-0.1, -0.05) is 58.4 Å². The van der Waals surface area contributed by atoms with Crippen molar-refractivity contribution in [2.45, 2.75) is 37.2 Å². The monoisotopic (exact) mass is 530 g/mol. The Morgan fingerprint density at radius 1 is 1.03 bits per heavy atom. The first-order chi connectivity index (χ1) is 15.7. The van der Waals surface area contributed by atoms with E-state index < -0.39 is 22.0 Å². The van der Waals surface area contributed by atoms with E-state index in [1.54, 1.807) is 13.0 Å². The molecular weight excluding hydrogens is 504 g/mol. The first-order valence-corrected chi connectivity index (χ1v) is 12.7. The number of nitrogens with one attached hydrogen (secondary N) is 2. The maximum atomic E-state index is 13.2. The van der Waals surface area contributed by atoms with Gasteiger partial charge in [0.1, 0.15) is 11.8 Å². The number of amides is 1. The van der Waals surface area contributed by atoms with Crippen LogP contribution >= 0.6 is 15.9 Å². The van der Waals surface area contributed by atoms with Crippen molar-refractivity contribution in [1.29, 1.82) is 0 Å². The second-order valence-electron chi connectivity index (χ2n) is 7.78. The number of benzene rings is 3. The fourth-order valence-electron chi connectivity index (χ4n) is 3.46. The number of rotatable bonds is 9. The van der Waals surface area contributed by atoms with Crippen LogP contribution in [0.4, 0.5) is 0 Å². The predicted octanol–water partition coefficient (Wildman–Crippen LogP) is 4.53. The Balaban J connectivity index is 1.84. The van der Waals surface area contributed by atoms with E-state index in [2.05, 4.69) is 26.0 Å². The van der Waals surface area contributed by atoms with Crippen LogP contribution in [0.1, 0.15) is 29.7 Å². The van der Waals surface area contributed by atoms with Crippen molar-refractivity contribution < 1.29 is 17.9 Å².